The number of carbonyl (C=O) groups excluding carboxylic acids is 1. The van der Waals surface area contributed by atoms with Gasteiger partial charge < -0.3 is 20.7 Å². The Morgan fingerprint density at radius 2 is 2.28 bits per heavy atom. The third-order valence-corrected chi connectivity index (χ3v) is 2.88. The summed E-state index contributed by atoms with van der Waals surface area (Å²) >= 11 is 0. The Labute approximate surface area is 105 Å². The van der Waals surface area contributed by atoms with Crippen LogP contribution in [0.4, 0.5) is 11.9 Å². The Morgan fingerprint density at radius 3 is 2.83 bits per heavy atom. The second kappa shape index (κ2) is 5.03. The number of nitrogens with one attached hydrogen (secondary N) is 1. The molecule has 2 heterocycles. The van der Waals surface area contributed by atoms with E-state index in [1.807, 2.05) is 4.90 Å². The van der Waals surface area contributed by atoms with E-state index in [9.17, 15) is 4.79 Å². The number of ether oxygens (including phenoxy) is 1. The second-order valence-electron chi connectivity index (χ2n) is 4.03. The molecule has 1 amide bonds. The molecule has 1 aliphatic rings. The highest BCUT2D eigenvalue weighted by Crippen LogP contribution is 2.22. The third-order valence-electron chi connectivity index (χ3n) is 2.88. The first kappa shape index (κ1) is 12.3. The highest BCUT2D eigenvalue weighted by atomic mass is 16.5. The molecule has 0 spiro atoms. The van der Waals surface area contributed by atoms with Gasteiger partial charge in [-0.1, -0.05) is 0 Å². The summed E-state index contributed by atoms with van der Waals surface area (Å²) in [5.74, 6) is 0.493. The molecule has 1 aromatic rings. The van der Waals surface area contributed by atoms with Crippen LogP contribution in [0.3, 0.4) is 0 Å². The van der Waals surface area contributed by atoms with Gasteiger partial charge in [-0.15, -0.1) is 0 Å². The van der Waals surface area contributed by atoms with Crippen LogP contribution >= 0.6 is 0 Å². The number of carbonyl (C=O) groups is 1. The maximum atomic E-state index is 11.1. The van der Waals surface area contributed by atoms with E-state index in [0.717, 1.165) is 6.42 Å². The van der Waals surface area contributed by atoms with Gasteiger partial charge in [0.05, 0.1) is 13.0 Å². The Bertz CT molecular complexity index is 430. The molecule has 2 rings (SSSR count). The number of nitrogens with two attached hydrogens (primary N) is 1. The van der Waals surface area contributed by atoms with Gasteiger partial charge in [0.15, 0.2) is 0 Å². The van der Waals surface area contributed by atoms with E-state index in [0.29, 0.717) is 25.0 Å². The Morgan fingerprint density at radius 1 is 1.50 bits per heavy atom. The lowest BCUT2D eigenvalue weighted by Gasteiger charge is -2.16. The van der Waals surface area contributed by atoms with Crippen LogP contribution in [0.1, 0.15) is 6.42 Å². The number of anilines is 2. The Kier molecular flexibility index (Phi) is 3.45. The van der Waals surface area contributed by atoms with Crippen LogP contribution in [0.2, 0.25) is 0 Å². The molecule has 8 heteroatoms. The van der Waals surface area contributed by atoms with Crippen molar-refractivity contribution in [2.45, 2.75) is 6.42 Å². The third kappa shape index (κ3) is 2.41. The highest BCUT2D eigenvalue weighted by molar-refractivity contribution is 5.78. The maximum Gasteiger partial charge on any atom is 0.322 e. The van der Waals surface area contributed by atoms with Crippen molar-refractivity contribution in [3.05, 3.63) is 0 Å². The molecule has 0 aliphatic carbocycles. The van der Waals surface area contributed by atoms with E-state index in [4.69, 9.17) is 10.5 Å². The number of aromatic nitrogens is 3. The van der Waals surface area contributed by atoms with E-state index in [2.05, 4.69) is 20.3 Å². The summed E-state index contributed by atoms with van der Waals surface area (Å²) in [6.07, 6.45) is 0.720. The summed E-state index contributed by atoms with van der Waals surface area (Å²) in [4.78, 5) is 25.5. The molecule has 1 atom stereocenters. The number of hydrogen-bond acceptors (Lipinski definition) is 7. The number of rotatable bonds is 4. The number of nitrogens with zero attached hydrogens (tertiary/aromatic N) is 4. The molecule has 18 heavy (non-hydrogen) atoms. The fourth-order valence-corrected chi connectivity index (χ4v) is 1.86. The van der Waals surface area contributed by atoms with Crippen LogP contribution in [-0.4, -0.2) is 48.1 Å². The van der Waals surface area contributed by atoms with Gasteiger partial charge >= 0.3 is 6.01 Å². The van der Waals surface area contributed by atoms with E-state index < -0.39 is 0 Å². The minimum atomic E-state index is -0.285. The monoisotopic (exact) mass is 252 g/mol. The first-order valence-electron chi connectivity index (χ1n) is 5.66. The van der Waals surface area contributed by atoms with Crippen molar-refractivity contribution in [1.82, 2.24) is 15.0 Å². The quantitative estimate of drug-likeness (QED) is 0.724. The zero-order chi connectivity index (χ0) is 13.1. The average molecular weight is 252 g/mol. The summed E-state index contributed by atoms with van der Waals surface area (Å²) < 4.78 is 5.01. The van der Waals surface area contributed by atoms with Crippen LogP contribution in [0.25, 0.3) is 0 Å². The van der Waals surface area contributed by atoms with Crippen LogP contribution in [0.5, 0.6) is 6.01 Å². The van der Waals surface area contributed by atoms with Crippen molar-refractivity contribution in [3.8, 4) is 6.01 Å². The van der Waals surface area contributed by atoms with Gasteiger partial charge in [-0.25, -0.2) is 0 Å². The molecule has 1 aliphatic heterocycles. The van der Waals surface area contributed by atoms with E-state index in [-0.39, 0.29) is 17.8 Å². The number of amides is 1. The Hall–Kier alpha value is -2.12. The number of methoxy groups -OCH3 is 1. The normalized spacial score (nSPS) is 18.8. The van der Waals surface area contributed by atoms with Gasteiger partial charge in [0.2, 0.25) is 17.8 Å². The minimum absolute atomic E-state index is 0.147. The van der Waals surface area contributed by atoms with Gasteiger partial charge in [-0.05, 0) is 6.42 Å². The van der Waals surface area contributed by atoms with Crippen molar-refractivity contribution >= 4 is 17.8 Å². The van der Waals surface area contributed by atoms with Crippen LogP contribution in [0, 0.1) is 5.92 Å². The molecule has 1 saturated heterocycles. The first-order valence-corrected chi connectivity index (χ1v) is 5.66. The van der Waals surface area contributed by atoms with Gasteiger partial charge in [-0.2, -0.15) is 15.0 Å². The molecule has 0 aromatic carbocycles. The van der Waals surface area contributed by atoms with Crippen molar-refractivity contribution in [3.63, 3.8) is 0 Å². The van der Waals surface area contributed by atoms with E-state index in [1.165, 1.54) is 7.11 Å². The van der Waals surface area contributed by atoms with Crippen molar-refractivity contribution in [1.29, 1.82) is 0 Å². The summed E-state index contributed by atoms with van der Waals surface area (Å²) in [5.41, 5.74) is 5.29. The first-order chi connectivity index (χ1) is 8.63. The van der Waals surface area contributed by atoms with Gasteiger partial charge in [-0.3, -0.25) is 4.79 Å². The number of primary amides is 1. The van der Waals surface area contributed by atoms with E-state index >= 15 is 0 Å². The lowest BCUT2D eigenvalue weighted by molar-refractivity contribution is -0.121. The van der Waals surface area contributed by atoms with Crippen LogP contribution < -0.4 is 20.7 Å². The summed E-state index contributed by atoms with van der Waals surface area (Å²) in [5, 5.41) is 2.84. The fraction of sp³-hybridized carbons (Fsp3) is 0.600. The summed E-state index contributed by atoms with van der Waals surface area (Å²) in [6.45, 7) is 1.23. The molecule has 8 nitrogen and oxygen atoms in total. The predicted molar refractivity (Wildman–Crippen MR) is 65.4 cm³/mol. The molecule has 0 saturated carbocycles. The summed E-state index contributed by atoms with van der Waals surface area (Å²) in [6, 6.07) is 0.242. The largest absolute Gasteiger partial charge is 0.467 e. The predicted octanol–water partition coefficient (Wildman–Crippen LogP) is -0.766. The average Bonchev–Trinajstić information content (AvgIpc) is 2.87. The Balaban J connectivity index is 2.20. The lowest BCUT2D eigenvalue weighted by atomic mass is 10.1. The van der Waals surface area contributed by atoms with Crippen molar-refractivity contribution < 1.29 is 9.53 Å². The molecule has 0 radical (unpaired) electrons. The van der Waals surface area contributed by atoms with Gasteiger partial charge in [0, 0.05) is 20.1 Å². The molecular formula is C10H16N6O2. The second-order valence-corrected chi connectivity index (χ2v) is 4.03. The minimum Gasteiger partial charge on any atom is -0.467 e. The molecule has 1 aromatic heterocycles. The molecule has 0 bridgehead atoms. The van der Waals surface area contributed by atoms with Crippen molar-refractivity contribution in [2.75, 3.05) is 37.5 Å². The zero-order valence-corrected chi connectivity index (χ0v) is 10.4. The fourth-order valence-electron chi connectivity index (χ4n) is 1.86. The molecule has 98 valence electrons. The molecule has 1 unspecified atom stereocenters. The zero-order valence-electron chi connectivity index (χ0n) is 10.4. The van der Waals surface area contributed by atoms with Crippen LogP contribution in [0.15, 0.2) is 0 Å². The van der Waals surface area contributed by atoms with Gasteiger partial charge in [0.1, 0.15) is 0 Å². The van der Waals surface area contributed by atoms with E-state index in [1.54, 1.807) is 7.05 Å². The van der Waals surface area contributed by atoms with Crippen molar-refractivity contribution in [2.24, 2.45) is 11.7 Å². The smallest absolute Gasteiger partial charge is 0.322 e. The standard InChI is InChI=1S/C10H16N6O2/c1-12-8-13-9(15-10(14-8)18-2)16-4-3-6(5-16)7(11)17/h6H,3-5H2,1-2H3,(H2,11,17)(H,12,13,14,15). The highest BCUT2D eigenvalue weighted by Gasteiger charge is 2.28. The molecule has 3 N–H and O–H groups in total. The topological polar surface area (TPSA) is 106 Å². The molecule has 1 fully saturated rings. The molecular weight excluding hydrogens is 236 g/mol. The van der Waals surface area contributed by atoms with Crippen LogP contribution in [-0.2, 0) is 4.79 Å². The number of hydrogen-bond donors (Lipinski definition) is 2. The summed E-state index contributed by atoms with van der Waals surface area (Å²) in [7, 11) is 3.21. The SMILES string of the molecule is CNc1nc(OC)nc(N2CCC(C(N)=O)C2)n1. The van der Waals surface area contributed by atoms with Gasteiger partial charge in [0.25, 0.3) is 0 Å². The lowest BCUT2D eigenvalue weighted by Crippen LogP contribution is -2.28. The maximum absolute atomic E-state index is 11.1.